The third-order valence-electron chi connectivity index (χ3n) is 8.07. The first-order valence-electron chi connectivity index (χ1n) is 13.4. The van der Waals surface area contributed by atoms with Crippen LogP contribution in [0.4, 0.5) is 8.78 Å². The van der Waals surface area contributed by atoms with E-state index in [0.29, 0.717) is 18.8 Å². The van der Waals surface area contributed by atoms with E-state index in [9.17, 15) is 13.9 Å². The minimum absolute atomic E-state index is 0.120. The molecule has 2 aromatic carbocycles. The van der Waals surface area contributed by atoms with Crippen molar-refractivity contribution in [1.82, 2.24) is 9.55 Å². The first-order valence-corrected chi connectivity index (χ1v) is 13.4. The Morgan fingerprint density at radius 1 is 1.00 bits per heavy atom. The van der Waals surface area contributed by atoms with Gasteiger partial charge in [0.05, 0.1) is 34.5 Å². The maximum absolute atomic E-state index is 14.7. The van der Waals surface area contributed by atoms with Gasteiger partial charge in [0, 0.05) is 35.9 Å². The number of furan rings is 1. The van der Waals surface area contributed by atoms with Crippen molar-refractivity contribution in [2.24, 2.45) is 5.92 Å². The molecule has 5 nitrogen and oxygen atoms in total. The average Bonchev–Trinajstić information content (AvgIpc) is 3.42. The van der Waals surface area contributed by atoms with Crippen molar-refractivity contribution >= 4 is 21.9 Å². The molecule has 1 atom stereocenters. The van der Waals surface area contributed by atoms with Gasteiger partial charge in [-0.2, -0.15) is 0 Å². The summed E-state index contributed by atoms with van der Waals surface area (Å²) in [6, 6.07) is 11.9. The van der Waals surface area contributed by atoms with Gasteiger partial charge in [-0.1, -0.05) is 18.2 Å². The van der Waals surface area contributed by atoms with E-state index in [-0.39, 0.29) is 12.0 Å². The van der Waals surface area contributed by atoms with Crippen LogP contribution in [0.15, 0.2) is 59.3 Å². The third-order valence-corrected chi connectivity index (χ3v) is 8.07. The van der Waals surface area contributed by atoms with Gasteiger partial charge in [-0.15, -0.1) is 0 Å². The number of nitrogens with zero attached hydrogens (tertiary/aromatic N) is 2. The Kier molecular flexibility index (Phi) is 6.31. The molecule has 0 aliphatic carbocycles. The lowest BCUT2D eigenvalue weighted by atomic mass is 9.86. The molecular weight excluding hydrogens is 498 g/mol. The lowest BCUT2D eigenvalue weighted by Gasteiger charge is -2.33. The average molecular weight is 531 g/mol. The van der Waals surface area contributed by atoms with Gasteiger partial charge in [0.25, 0.3) is 0 Å². The molecule has 5 aromatic rings. The summed E-state index contributed by atoms with van der Waals surface area (Å²) in [5, 5.41) is 11.8. The highest BCUT2D eigenvalue weighted by Gasteiger charge is 2.31. The SMILES string of the molecule is Cc1coc(C)c1-c1cnc2c3ccc(C(C)(C)O)cc3n(C(c3ccc(F)c(F)c3)C3CCOCC3)c2c1. The quantitative estimate of drug-likeness (QED) is 0.254. The summed E-state index contributed by atoms with van der Waals surface area (Å²) < 4.78 is 42.3. The van der Waals surface area contributed by atoms with Crippen LogP contribution in [-0.2, 0) is 10.3 Å². The number of pyridine rings is 1. The van der Waals surface area contributed by atoms with Crippen molar-refractivity contribution < 1.29 is 23.0 Å². The molecule has 1 aliphatic heterocycles. The molecule has 1 N–H and O–H groups in total. The van der Waals surface area contributed by atoms with Crippen LogP contribution in [-0.4, -0.2) is 27.9 Å². The number of halogens is 2. The molecular formula is C32H32F2N2O3. The standard InChI is InChI=1S/C32H32F2N2O3/c1-18-17-39-19(2)29(18)22-14-28-30(35-16-22)24-7-6-23(32(3,4)37)15-27(24)36(28)31(20-9-11-38-12-10-20)21-5-8-25(33)26(34)13-21/h5-8,13-17,20,31,37H,9-12H2,1-4H3. The zero-order valence-electron chi connectivity index (χ0n) is 22.6. The van der Waals surface area contributed by atoms with Crippen LogP contribution >= 0.6 is 0 Å². The number of fused-ring (bicyclic) bond motifs is 3. The second-order valence-electron chi connectivity index (χ2n) is 11.2. The van der Waals surface area contributed by atoms with Crippen LogP contribution in [0, 0.1) is 31.4 Å². The zero-order valence-corrected chi connectivity index (χ0v) is 22.6. The predicted molar refractivity (Wildman–Crippen MR) is 148 cm³/mol. The summed E-state index contributed by atoms with van der Waals surface area (Å²) in [5.41, 5.74) is 5.91. The molecule has 3 aromatic heterocycles. The van der Waals surface area contributed by atoms with Gasteiger partial charge >= 0.3 is 0 Å². The van der Waals surface area contributed by atoms with Gasteiger partial charge in [-0.3, -0.25) is 4.98 Å². The van der Waals surface area contributed by atoms with E-state index in [0.717, 1.165) is 62.8 Å². The van der Waals surface area contributed by atoms with Crippen LogP contribution in [0.5, 0.6) is 0 Å². The smallest absolute Gasteiger partial charge is 0.159 e. The highest BCUT2D eigenvalue weighted by atomic mass is 19.2. The Bertz CT molecular complexity index is 1670. The van der Waals surface area contributed by atoms with E-state index in [2.05, 4.69) is 10.6 Å². The second-order valence-corrected chi connectivity index (χ2v) is 11.2. The van der Waals surface area contributed by atoms with E-state index in [1.54, 1.807) is 26.2 Å². The van der Waals surface area contributed by atoms with Gasteiger partial charge in [-0.25, -0.2) is 8.78 Å². The predicted octanol–water partition coefficient (Wildman–Crippen LogP) is 7.59. The first-order chi connectivity index (χ1) is 18.6. The number of hydrogen-bond acceptors (Lipinski definition) is 4. The maximum atomic E-state index is 14.7. The molecule has 202 valence electrons. The maximum Gasteiger partial charge on any atom is 0.159 e. The van der Waals surface area contributed by atoms with Gasteiger partial charge in [0.2, 0.25) is 0 Å². The zero-order chi connectivity index (χ0) is 27.5. The highest BCUT2D eigenvalue weighted by molar-refractivity contribution is 6.07. The second kappa shape index (κ2) is 9.57. The van der Waals surface area contributed by atoms with Crippen molar-refractivity contribution in [3.05, 3.63) is 89.0 Å². The number of benzene rings is 2. The summed E-state index contributed by atoms with van der Waals surface area (Å²) in [6.45, 7) is 8.67. The molecule has 0 saturated carbocycles. The van der Waals surface area contributed by atoms with Gasteiger partial charge in [-0.05, 0) is 87.4 Å². The molecule has 0 radical (unpaired) electrons. The van der Waals surface area contributed by atoms with Gasteiger partial charge in [0.15, 0.2) is 11.6 Å². The minimum Gasteiger partial charge on any atom is -0.469 e. The molecule has 7 heteroatoms. The Labute approximate surface area is 226 Å². The molecule has 1 aliphatic rings. The van der Waals surface area contributed by atoms with Crippen LogP contribution in [0.3, 0.4) is 0 Å². The number of ether oxygens (including phenoxy) is 1. The summed E-state index contributed by atoms with van der Waals surface area (Å²) in [4.78, 5) is 4.93. The van der Waals surface area contributed by atoms with Crippen molar-refractivity contribution in [2.75, 3.05) is 13.2 Å². The van der Waals surface area contributed by atoms with E-state index in [4.69, 9.17) is 14.1 Å². The fraction of sp³-hybridized carbons (Fsp3) is 0.344. The minimum atomic E-state index is -1.06. The van der Waals surface area contributed by atoms with Crippen molar-refractivity contribution in [3.63, 3.8) is 0 Å². The van der Waals surface area contributed by atoms with E-state index < -0.39 is 17.2 Å². The third kappa shape index (κ3) is 4.43. The van der Waals surface area contributed by atoms with Gasteiger partial charge in [0.1, 0.15) is 5.76 Å². The molecule has 1 unspecified atom stereocenters. The van der Waals surface area contributed by atoms with Crippen LogP contribution < -0.4 is 0 Å². The van der Waals surface area contributed by atoms with Crippen molar-refractivity contribution in [2.45, 2.75) is 52.2 Å². The highest BCUT2D eigenvalue weighted by Crippen LogP contribution is 2.42. The van der Waals surface area contributed by atoms with E-state index in [1.165, 1.54) is 12.1 Å². The van der Waals surface area contributed by atoms with E-state index in [1.807, 2.05) is 38.2 Å². The Balaban J connectivity index is 1.70. The molecule has 4 heterocycles. The Hall–Kier alpha value is -3.55. The number of hydrogen-bond donors (Lipinski definition) is 1. The summed E-state index contributed by atoms with van der Waals surface area (Å²) in [5.74, 6) is -0.812. The number of aliphatic hydroxyl groups is 1. The number of aryl methyl sites for hydroxylation is 2. The lowest BCUT2D eigenvalue weighted by molar-refractivity contribution is 0.0552. The first kappa shape index (κ1) is 25.7. The summed E-state index contributed by atoms with van der Waals surface area (Å²) >= 11 is 0. The Morgan fingerprint density at radius 3 is 2.44 bits per heavy atom. The van der Waals surface area contributed by atoms with Crippen molar-refractivity contribution in [1.29, 1.82) is 0 Å². The number of aromatic nitrogens is 2. The fourth-order valence-corrected chi connectivity index (χ4v) is 6.09. The normalized spacial score (nSPS) is 15.9. The molecule has 0 amide bonds. The Morgan fingerprint density at radius 2 is 1.77 bits per heavy atom. The largest absolute Gasteiger partial charge is 0.469 e. The fourth-order valence-electron chi connectivity index (χ4n) is 6.09. The van der Waals surface area contributed by atoms with Crippen LogP contribution in [0.1, 0.15) is 55.2 Å². The molecule has 6 rings (SSSR count). The summed E-state index contributed by atoms with van der Waals surface area (Å²) in [7, 11) is 0. The van der Waals surface area contributed by atoms with Crippen molar-refractivity contribution in [3.8, 4) is 11.1 Å². The molecule has 0 bridgehead atoms. The molecule has 1 saturated heterocycles. The molecule has 1 fully saturated rings. The molecule has 39 heavy (non-hydrogen) atoms. The summed E-state index contributed by atoms with van der Waals surface area (Å²) in [6.07, 6.45) is 5.17. The topological polar surface area (TPSA) is 60.4 Å². The molecule has 0 spiro atoms. The van der Waals surface area contributed by atoms with Crippen LogP contribution in [0.25, 0.3) is 33.1 Å². The van der Waals surface area contributed by atoms with Crippen LogP contribution in [0.2, 0.25) is 0 Å². The monoisotopic (exact) mass is 530 g/mol. The van der Waals surface area contributed by atoms with E-state index >= 15 is 0 Å². The number of rotatable bonds is 5. The van der Waals surface area contributed by atoms with Gasteiger partial charge < -0.3 is 18.8 Å². The lowest BCUT2D eigenvalue weighted by Crippen LogP contribution is -2.27.